The molecule has 140 valence electrons. The maximum atomic E-state index is 12.3. The highest BCUT2D eigenvalue weighted by atomic mass is 16.1. The van der Waals surface area contributed by atoms with Gasteiger partial charge in [-0.25, -0.2) is 0 Å². The summed E-state index contributed by atoms with van der Waals surface area (Å²) in [5, 5.41) is 9.93. The molecule has 0 saturated carbocycles. The van der Waals surface area contributed by atoms with Gasteiger partial charge in [0.05, 0.1) is 12.2 Å². The maximum Gasteiger partial charge on any atom is 0.220 e. The van der Waals surface area contributed by atoms with Crippen molar-refractivity contribution in [3.63, 3.8) is 0 Å². The average molecular weight is 354 g/mol. The van der Waals surface area contributed by atoms with Gasteiger partial charge in [0, 0.05) is 19.2 Å². The van der Waals surface area contributed by atoms with Crippen LogP contribution in [-0.4, -0.2) is 40.6 Å². The van der Waals surface area contributed by atoms with E-state index in [-0.39, 0.29) is 11.9 Å². The van der Waals surface area contributed by atoms with Crippen LogP contribution in [-0.2, 0) is 11.2 Å². The number of hydrogen-bond donors (Lipinski definition) is 2. The summed E-state index contributed by atoms with van der Waals surface area (Å²) in [6.07, 6.45) is 11.2. The number of aromatic amines is 1. The Labute approximate surface area is 156 Å². The van der Waals surface area contributed by atoms with Gasteiger partial charge in [0.15, 0.2) is 0 Å². The summed E-state index contributed by atoms with van der Waals surface area (Å²) in [5.41, 5.74) is 2.46. The first-order chi connectivity index (χ1) is 12.8. The van der Waals surface area contributed by atoms with E-state index in [0.29, 0.717) is 13.0 Å². The van der Waals surface area contributed by atoms with E-state index in [1.807, 2.05) is 12.4 Å². The predicted octanol–water partition coefficient (Wildman–Crippen LogP) is 3.47. The number of aryl methyl sites for hydroxylation is 1. The van der Waals surface area contributed by atoms with Gasteiger partial charge < -0.3 is 5.32 Å². The van der Waals surface area contributed by atoms with E-state index in [1.54, 1.807) is 0 Å². The summed E-state index contributed by atoms with van der Waals surface area (Å²) < 4.78 is 0. The Morgan fingerprint density at radius 3 is 2.62 bits per heavy atom. The van der Waals surface area contributed by atoms with Gasteiger partial charge in [-0.05, 0) is 49.9 Å². The van der Waals surface area contributed by atoms with Crippen molar-refractivity contribution in [3.8, 4) is 0 Å². The van der Waals surface area contributed by atoms with Crippen LogP contribution in [0.1, 0.15) is 55.7 Å². The normalized spacial score (nSPS) is 16.8. The monoisotopic (exact) mass is 354 g/mol. The van der Waals surface area contributed by atoms with Gasteiger partial charge >= 0.3 is 0 Å². The fourth-order valence-electron chi connectivity index (χ4n) is 3.71. The fraction of sp³-hybridized carbons (Fsp3) is 0.524. The molecule has 1 fully saturated rings. The quantitative estimate of drug-likeness (QED) is 0.763. The van der Waals surface area contributed by atoms with E-state index in [9.17, 15) is 4.79 Å². The Bertz CT molecular complexity index is 633. The Hall–Kier alpha value is -2.14. The molecular formula is C21H30N4O. The standard InChI is InChI=1S/C21H30N4O/c26-21(12-8-9-18-15-23-24-16-18)22-17-20(19-10-4-3-5-11-19)25-13-6-1-2-7-14-25/h3-5,10-11,15-16,20H,1-2,6-9,12-14,17H2,(H,22,26)(H,23,24). The molecule has 0 aliphatic carbocycles. The zero-order valence-corrected chi connectivity index (χ0v) is 15.5. The molecule has 1 atom stereocenters. The molecule has 2 heterocycles. The predicted molar refractivity (Wildman–Crippen MR) is 104 cm³/mol. The van der Waals surface area contributed by atoms with Gasteiger partial charge in [-0.2, -0.15) is 5.10 Å². The van der Waals surface area contributed by atoms with Crippen LogP contribution in [0.25, 0.3) is 0 Å². The van der Waals surface area contributed by atoms with Crippen LogP contribution < -0.4 is 5.32 Å². The molecule has 1 saturated heterocycles. The van der Waals surface area contributed by atoms with Crippen LogP contribution in [0.3, 0.4) is 0 Å². The molecule has 1 amide bonds. The molecule has 2 aromatic rings. The zero-order chi connectivity index (χ0) is 18.0. The lowest BCUT2D eigenvalue weighted by Gasteiger charge is -2.31. The number of nitrogens with one attached hydrogen (secondary N) is 2. The minimum Gasteiger partial charge on any atom is -0.354 e. The van der Waals surface area contributed by atoms with E-state index in [1.165, 1.54) is 31.2 Å². The second-order valence-corrected chi connectivity index (χ2v) is 7.14. The van der Waals surface area contributed by atoms with Crippen molar-refractivity contribution in [2.45, 2.75) is 51.0 Å². The van der Waals surface area contributed by atoms with Crippen LogP contribution in [0, 0.1) is 0 Å². The summed E-state index contributed by atoms with van der Waals surface area (Å²) >= 11 is 0. The van der Waals surface area contributed by atoms with E-state index in [2.05, 4.69) is 50.7 Å². The van der Waals surface area contributed by atoms with Gasteiger partial charge in [0.25, 0.3) is 0 Å². The van der Waals surface area contributed by atoms with Crippen molar-refractivity contribution in [3.05, 3.63) is 53.9 Å². The molecule has 0 radical (unpaired) electrons. The van der Waals surface area contributed by atoms with Gasteiger partial charge in [-0.3, -0.25) is 14.8 Å². The fourth-order valence-corrected chi connectivity index (χ4v) is 3.71. The number of likely N-dealkylation sites (tertiary alicyclic amines) is 1. The first-order valence-electron chi connectivity index (χ1n) is 9.86. The van der Waals surface area contributed by atoms with Crippen LogP contribution in [0.5, 0.6) is 0 Å². The van der Waals surface area contributed by atoms with Crippen LogP contribution in [0.2, 0.25) is 0 Å². The number of aromatic nitrogens is 2. The minimum atomic E-state index is 0.143. The molecule has 1 aromatic heterocycles. The Balaban J connectivity index is 1.52. The van der Waals surface area contributed by atoms with Crippen molar-refractivity contribution in [2.75, 3.05) is 19.6 Å². The van der Waals surface area contributed by atoms with E-state index >= 15 is 0 Å². The summed E-state index contributed by atoms with van der Waals surface area (Å²) in [6, 6.07) is 10.9. The number of amides is 1. The summed E-state index contributed by atoms with van der Waals surface area (Å²) in [7, 11) is 0. The third-order valence-corrected chi connectivity index (χ3v) is 5.18. The number of benzene rings is 1. The SMILES string of the molecule is O=C(CCCc1cn[nH]c1)NCC(c1ccccc1)N1CCCCCC1. The van der Waals surface area contributed by atoms with Crippen molar-refractivity contribution in [1.82, 2.24) is 20.4 Å². The molecule has 1 unspecified atom stereocenters. The first kappa shape index (κ1) is 18.6. The van der Waals surface area contributed by atoms with Crippen molar-refractivity contribution in [1.29, 1.82) is 0 Å². The number of carbonyl (C=O) groups is 1. The molecule has 3 rings (SSSR count). The van der Waals surface area contributed by atoms with Crippen molar-refractivity contribution in [2.24, 2.45) is 0 Å². The molecule has 1 aliphatic heterocycles. The summed E-state index contributed by atoms with van der Waals surface area (Å²) in [6.45, 7) is 2.93. The third kappa shape index (κ3) is 5.70. The van der Waals surface area contributed by atoms with Crippen molar-refractivity contribution >= 4 is 5.91 Å². The zero-order valence-electron chi connectivity index (χ0n) is 15.5. The Morgan fingerprint density at radius 1 is 1.15 bits per heavy atom. The second kappa shape index (κ2) is 10.1. The first-order valence-corrected chi connectivity index (χ1v) is 9.86. The van der Waals surface area contributed by atoms with Crippen molar-refractivity contribution < 1.29 is 4.79 Å². The molecule has 1 aliphatic rings. The second-order valence-electron chi connectivity index (χ2n) is 7.14. The number of rotatable bonds is 8. The number of hydrogen-bond acceptors (Lipinski definition) is 3. The molecule has 5 nitrogen and oxygen atoms in total. The minimum absolute atomic E-state index is 0.143. The van der Waals surface area contributed by atoms with E-state index in [4.69, 9.17) is 0 Å². The molecule has 1 aromatic carbocycles. The van der Waals surface area contributed by atoms with Gasteiger partial charge in [0.1, 0.15) is 0 Å². The highest BCUT2D eigenvalue weighted by molar-refractivity contribution is 5.75. The largest absolute Gasteiger partial charge is 0.354 e. The summed E-state index contributed by atoms with van der Waals surface area (Å²) in [4.78, 5) is 14.9. The molecule has 0 bridgehead atoms. The molecule has 2 N–H and O–H groups in total. The van der Waals surface area contributed by atoms with Crippen LogP contribution in [0.4, 0.5) is 0 Å². The highest BCUT2D eigenvalue weighted by Gasteiger charge is 2.21. The lowest BCUT2D eigenvalue weighted by molar-refractivity contribution is -0.121. The summed E-state index contributed by atoms with van der Waals surface area (Å²) in [5.74, 6) is 0.143. The van der Waals surface area contributed by atoms with Crippen LogP contribution >= 0.6 is 0 Å². The smallest absolute Gasteiger partial charge is 0.220 e. The molecule has 5 heteroatoms. The van der Waals surface area contributed by atoms with E-state index < -0.39 is 0 Å². The van der Waals surface area contributed by atoms with Gasteiger partial charge in [0.2, 0.25) is 5.91 Å². The number of nitrogens with zero attached hydrogens (tertiary/aromatic N) is 2. The number of carbonyl (C=O) groups excluding carboxylic acids is 1. The van der Waals surface area contributed by atoms with Gasteiger partial charge in [-0.1, -0.05) is 43.2 Å². The average Bonchev–Trinajstić information content (AvgIpc) is 3.04. The third-order valence-electron chi connectivity index (χ3n) is 5.18. The molecule has 0 spiro atoms. The van der Waals surface area contributed by atoms with Crippen LogP contribution in [0.15, 0.2) is 42.7 Å². The van der Waals surface area contributed by atoms with E-state index in [0.717, 1.165) is 31.5 Å². The lowest BCUT2D eigenvalue weighted by atomic mass is 10.0. The maximum absolute atomic E-state index is 12.3. The topological polar surface area (TPSA) is 61.0 Å². The lowest BCUT2D eigenvalue weighted by Crippen LogP contribution is -2.38. The molecule has 26 heavy (non-hydrogen) atoms. The Morgan fingerprint density at radius 2 is 1.92 bits per heavy atom. The molecular weight excluding hydrogens is 324 g/mol. The number of H-pyrrole nitrogens is 1. The van der Waals surface area contributed by atoms with Gasteiger partial charge in [-0.15, -0.1) is 0 Å². The highest BCUT2D eigenvalue weighted by Crippen LogP contribution is 2.23. The Kier molecular flexibility index (Phi) is 7.25.